The van der Waals surface area contributed by atoms with Crippen molar-refractivity contribution in [3.05, 3.63) is 60.2 Å². The lowest BCUT2D eigenvalue weighted by molar-refractivity contribution is -0.145. The molecule has 1 heterocycles. The maximum atomic E-state index is 13.0. The molecule has 2 rings (SSSR count). The van der Waals surface area contributed by atoms with Crippen molar-refractivity contribution < 1.29 is 19.1 Å². The first-order valence-electron chi connectivity index (χ1n) is 9.45. The van der Waals surface area contributed by atoms with Crippen LogP contribution in [-0.4, -0.2) is 46.9 Å². The van der Waals surface area contributed by atoms with E-state index in [2.05, 4.69) is 20.6 Å². The number of amides is 2. The summed E-state index contributed by atoms with van der Waals surface area (Å²) in [5.41, 5.74) is 0.995. The van der Waals surface area contributed by atoms with Gasteiger partial charge in [-0.25, -0.2) is 9.78 Å². The minimum atomic E-state index is -0.866. The third-order valence-electron chi connectivity index (χ3n) is 4.66. The Balaban J connectivity index is 2.15. The van der Waals surface area contributed by atoms with Crippen LogP contribution in [0.1, 0.15) is 36.3 Å². The van der Waals surface area contributed by atoms with Crippen molar-refractivity contribution in [2.45, 2.75) is 38.8 Å². The molecular formula is C21H26N4O4. The summed E-state index contributed by atoms with van der Waals surface area (Å²) in [6.07, 6.45) is 5.12. The topological polar surface area (TPSA) is 110 Å². The monoisotopic (exact) mass is 398 g/mol. The first kappa shape index (κ1) is 22.0. The van der Waals surface area contributed by atoms with Crippen LogP contribution in [0, 0.1) is 5.92 Å². The Labute approximate surface area is 170 Å². The molecule has 2 N–H and O–H groups in total. The number of aromatic nitrogens is 2. The highest BCUT2D eigenvalue weighted by molar-refractivity contribution is 5.96. The molecule has 8 nitrogen and oxygen atoms in total. The fourth-order valence-electron chi connectivity index (χ4n) is 2.78. The van der Waals surface area contributed by atoms with Crippen LogP contribution < -0.4 is 10.6 Å². The van der Waals surface area contributed by atoms with E-state index in [1.165, 1.54) is 25.7 Å². The Bertz CT molecular complexity index is 814. The SMILES string of the molecule is CC[C@H](C)[C@H](NC(=O)c1cnccn1)C(=O)N[C@@H](Cc1ccccc1)C(=O)OC. The highest BCUT2D eigenvalue weighted by Crippen LogP contribution is 2.11. The number of nitrogens with zero attached hydrogens (tertiary/aromatic N) is 2. The van der Waals surface area contributed by atoms with Crippen molar-refractivity contribution in [3.8, 4) is 0 Å². The van der Waals surface area contributed by atoms with Gasteiger partial charge in [-0.3, -0.25) is 14.6 Å². The lowest BCUT2D eigenvalue weighted by Crippen LogP contribution is -2.54. The summed E-state index contributed by atoms with van der Waals surface area (Å²) in [6.45, 7) is 3.77. The van der Waals surface area contributed by atoms with E-state index in [4.69, 9.17) is 4.74 Å². The average Bonchev–Trinajstić information content (AvgIpc) is 2.76. The van der Waals surface area contributed by atoms with E-state index >= 15 is 0 Å². The first-order valence-corrected chi connectivity index (χ1v) is 9.45. The van der Waals surface area contributed by atoms with Crippen LogP contribution in [0.25, 0.3) is 0 Å². The second-order valence-electron chi connectivity index (χ2n) is 6.70. The maximum Gasteiger partial charge on any atom is 0.328 e. The van der Waals surface area contributed by atoms with Crippen LogP contribution in [0.5, 0.6) is 0 Å². The van der Waals surface area contributed by atoms with Gasteiger partial charge in [-0.15, -0.1) is 0 Å². The minimum absolute atomic E-state index is 0.113. The highest BCUT2D eigenvalue weighted by atomic mass is 16.5. The molecule has 3 atom stereocenters. The Kier molecular flexibility index (Phi) is 8.27. The standard InChI is InChI=1S/C21H26N4O4/c1-4-14(2)18(25-19(26)17-13-22-10-11-23-17)20(27)24-16(21(28)29-3)12-15-8-6-5-7-9-15/h5-11,13-14,16,18H,4,12H2,1-3H3,(H,24,27)(H,25,26)/t14-,16-,18-/m0/s1. The predicted octanol–water partition coefficient (Wildman–Crippen LogP) is 1.52. The molecule has 0 aliphatic heterocycles. The molecule has 0 radical (unpaired) electrons. The number of methoxy groups -OCH3 is 1. The van der Waals surface area contributed by atoms with Gasteiger partial charge in [0.05, 0.1) is 13.3 Å². The van der Waals surface area contributed by atoms with Gasteiger partial charge in [0, 0.05) is 18.8 Å². The molecule has 0 saturated heterocycles. The normalized spacial score (nSPS) is 13.6. The van der Waals surface area contributed by atoms with Gasteiger partial charge in [0.2, 0.25) is 5.91 Å². The van der Waals surface area contributed by atoms with E-state index in [1.807, 2.05) is 44.2 Å². The number of nitrogens with one attached hydrogen (secondary N) is 2. The molecule has 0 aliphatic carbocycles. The number of esters is 1. The summed E-state index contributed by atoms with van der Waals surface area (Å²) in [4.78, 5) is 45.5. The van der Waals surface area contributed by atoms with E-state index in [-0.39, 0.29) is 18.0 Å². The molecule has 0 saturated carbocycles. The number of rotatable bonds is 9. The van der Waals surface area contributed by atoms with E-state index < -0.39 is 29.9 Å². The lowest BCUT2D eigenvalue weighted by atomic mass is 9.97. The third kappa shape index (κ3) is 6.38. The second kappa shape index (κ2) is 10.9. The number of carbonyl (C=O) groups excluding carboxylic acids is 3. The third-order valence-corrected chi connectivity index (χ3v) is 4.66. The molecule has 0 unspecified atom stereocenters. The van der Waals surface area contributed by atoms with E-state index in [0.29, 0.717) is 6.42 Å². The number of benzene rings is 1. The van der Waals surface area contributed by atoms with Gasteiger partial charge in [0.15, 0.2) is 0 Å². The van der Waals surface area contributed by atoms with Crippen LogP contribution in [0.3, 0.4) is 0 Å². The summed E-state index contributed by atoms with van der Waals surface area (Å²) in [5.74, 6) is -1.67. The molecule has 0 spiro atoms. The molecule has 0 bridgehead atoms. The Morgan fingerprint density at radius 3 is 2.41 bits per heavy atom. The summed E-state index contributed by atoms with van der Waals surface area (Å²) < 4.78 is 4.84. The van der Waals surface area contributed by atoms with Crippen molar-refractivity contribution in [1.82, 2.24) is 20.6 Å². The van der Waals surface area contributed by atoms with Crippen LogP contribution in [0.2, 0.25) is 0 Å². The molecular weight excluding hydrogens is 372 g/mol. The zero-order valence-corrected chi connectivity index (χ0v) is 16.8. The summed E-state index contributed by atoms with van der Waals surface area (Å²) in [6, 6.07) is 7.61. The molecule has 1 aromatic carbocycles. The second-order valence-corrected chi connectivity index (χ2v) is 6.70. The molecule has 8 heteroatoms. The molecule has 0 fully saturated rings. The van der Waals surface area contributed by atoms with Crippen molar-refractivity contribution in [3.63, 3.8) is 0 Å². The van der Waals surface area contributed by atoms with Crippen LogP contribution in [0.15, 0.2) is 48.9 Å². The van der Waals surface area contributed by atoms with Gasteiger partial charge < -0.3 is 15.4 Å². The van der Waals surface area contributed by atoms with Crippen molar-refractivity contribution in [2.75, 3.05) is 7.11 Å². The van der Waals surface area contributed by atoms with E-state index in [9.17, 15) is 14.4 Å². The average molecular weight is 398 g/mol. The van der Waals surface area contributed by atoms with Crippen molar-refractivity contribution in [2.24, 2.45) is 5.92 Å². The summed E-state index contributed by atoms with van der Waals surface area (Å²) >= 11 is 0. The maximum absolute atomic E-state index is 13.0. The van der Waals surface area contributed by atoms with Gasteiger partial charge in [-0.05, 0) is 11.5 Å². The Morgan fingerprint density at radius 2 is 1.83 bits per heavy atom. The number of hydrogen-bond donors (Lipinski definition) is 2. The molecule has 154 valence electrons. The highest BCUT2D eigenvalue weighted by Gasteiger charge is 2.30. The van der Waals surface area contributed by atoms with Crippen molar-refractivity contribution >= 4 is 17.8 Å². The molecule has 1 aromatic heterocycles. The van der Waals surface area contributed by atoms with E-state index in [0.717, 1.165) is 5.56 Å². The van der Waals surface area contributed by atoms with Crippen molar-refractivity contribution in [1.29, 1.82) is 0 Å². The van der Waals surface area contributed by atoms with Gasteiger partial charge in [0.1, 0.15) is 17.8 Å². The van der Waals surface area contributed by atoms with Crippen LogP contribution >= 0.6 is 0 Å². The van der Waals surface area contributed by atoms with Gasteiger partial charge >= 0.3 is 5.97 Å². The van der Waals surface area contributed by atoms with Crippen LogP contribution in [-0.2, 0) is 20.7 Å². The fraction of sp³-hybridized carbons (Fsp3) is 0.381. The summed E-state index contributed by atoms with van der Waals surface area (Å²) in [7, 11) is 1.27. The summed E-state index contributed by atoms with van der Waals surface area (Å²) in [5, 5.41) is 5.43. The van der Waals surface area contributed by atoms with Gasteiger partial charge in [-0.2, -0.15) is 0 Å². The lowest BCUT2D eigenvalue weighted by Gasteiger charge is -2.26. The zero-order chi connectivity index (χ0) is 21.2. The number of ether oxygens (including phenoxy) is 1. The largest absolute Gasteiger partial charge is 0.467 e. The van der Waals surface area contributed by atoms with Gasteiger partial charge in [-0.1, -0.05) is 50.6 Å². The fourth-order valence-corrected chi connectivity index (χ4v) is 2.78. The quantitative estimate of drug-likeness (QED) is 0.620. The molecule has 2 amide bonds. The Morgan fingerprint density at radius 1 is 1.10 bits per heavy atom. The zero-order valence-electron chi connectivity index (χ0n) is 16.8. The van der Waals surface area contributed by atoms with Gasteiger partial charge in [0.25, 0.3) is 5.91 Å². The predicted molar refractivity (Wildman–Crippen MR) is 107 cm³/mol. The van der Waals surface area contributed by atoms with Crippen LogP contribution in [0.4, 0.5) is 0 Å². The number of hydrogen-bond acceptors (Lipinski definition) is 6. The molecule has 0 aliphatic rings. The number of carbonyl (C=O) groups is 3. The first-order chi connectivity index (χ1) is 14.0. The molecule has 29 heavy (non-hydrogen) atoms. The molecule has 2 aromatic rings. The smallest absolute Gasteiger partial charge is 0.328 e. The minimum Gasteiger partial charge on any atom is -0.467 e. The Hall–Kier alpha value is -3.29. The van der Waals surface area contributed by atoms with E-state index in [1.54, 1.807) is 0 Å².